The highest BCUT2D eigenvalue weighted by Gasteiger charge is 1.95. The van der Waals surface area contributed by atoms with Crippen LogP contribution in [0.3, 0.4) is 0 Å². The van der Waals surface area contributed by atoms with Gasteiger partial charge in [0.15, 0.2) is 5.94 Å². The monoisotopic (exact) mass is 194 g/mol. The molecule has 6 heteroatoms. The van der Waals surface area contributed by atoms with E-state index in [1.54, 1.807) is 0 Å². The summed E-state index contributed by atoms with van der Waals surface area (Å²) in [5, 5.41) is 0. The van der Waals surface area contributed by atoms with Gasteiger partial charge < -0.3 is 9.47 Å². The summed E-state index contributed by atoms with van der Waals surface area (Å²) in [4.78, 5) is 20.4. The number of rotatable bonds is 5. The summed E-state index contributed by atoms with van der Waals surface area (Å²) in [5.74, 6) is -0.696. The zero-order chi connectivity index (χ0) is 9.40. The maximum absolute atomic E-state index is 10.2. The quantitative estimate of drug-likeness (QED) is 0.278. The minimum absolute atomic E-state index is 0.0938. The molecule has 0 N–H and O–H groups in total. The van der Waals surface area contributed by atoms with Crippen molar-refractivity contribution < 1.29 is 23.2 Å². The third kappa shape index (κ3) is 9.25. The normalized spacial score (nSPS) is 9.17. The number of carbonyl (C=O) groups is 2. The molecule has 0 aromatic heterocycles. The molecule has 0 spiro atoms. The highest BCUT2D eigenvalue weighted by atomic mass is 32.2. The Kier molecular flexibility index (Phi) is 6.50. The van der Waals surface area contributed by atoms with Crippen molar-refractivity contribution in [3.05, 3.63) is 0 Å². The molecule has 0 unspecified atom stereocenters. The van der Waals surface area contributed by atoms with Crippen LogP contribution in [0.15, 0.2) is 0 Å². The van der Waals surface area contributed by atoms with Gasteiger partial charge >= 0.3 is 11.9 Å². The van der Waals surface area contributed by atoms with Crippen molar-refractivity contribution in [1.82, 2.24) is 0 Å². The Balaban J connectivity index is 3.01. The number of hydrogen-bond donors (Lipinski definition) is 0. The molecule has 0 aliphatic rings. The molecule has 0 aromatic carbocycles. The van der Waals surface area contributed by atoms with Crippen molar-refractivity contribution in [2.24, 2.45) is 0 Å². The molecule has 0 amide bonds. The van der Waals surface area contributed by atoms with Gasteiger partial charge in [-0.05, 0) is 0 Å². The molecule has 0 saturated heterocycles. The van der Waals surface area contributed by atoms with Crippen LogP contribution in [0, 0.1) is 0 Å². The predicted molar refractivity (Wildman–Crippen MR) is 41.9 cm³/mol. The van der Waals surface area contributed by atoms with E-state index >= 15 is 0 Å². The number of carbonyl (C=O) groups excluding carboxylic acids is 2. The molecule has 0 heterocycles. The summed E-state index contributed by atoms with van der Waals surface area (Å²) in [6.07, 6.45) is 0. The third-order valence-electron chi connectivity index (χ3n) is 0.704. The van der Waals surface area contributed by atoms with Crippen molar-refractivity contribution in [2.45, 2.75) is 13.8 Å². The van der Waals surface area contributed by atoms with Crippen LogP contribution in [0.2, 0.25) is 0 Å². The van der Waals surface area contributed by atoms with Crippen molar-refractivity contribution in [2.75, 3.05) is 12.7 Å². The van der Waals surface area contributed by atoms with E-state index in [-0.39, 0.29) is 18.7 Å². The van der Waals surface area contributed by atoms with E-state index in [0.29, 0.717) is 0 Å². The molecule has 70 valence electrons. The smallest absolute Gasteiger partial charge is 0.304 e. The molecule has 0 radical (unpaired) electrons. The van der Waals surface area contributed by atoms with Crippen LogP contribution < -0.4 is 0 Å². The minimum atomic E-state index is -0.414. The summed E-state index contributed by atoms with van der Waals surface area (Å²) < 4.78 is 13.6. The lowest BCUT2D eigenvalue weighted by Crippen LogP contribution is -2.02. The third-order valence-corrected chi connectivity index (χ3v) is 1.18. The summed E-state index contributed by atoms with van der Waals surface area (Å²) in [5.41, 5.74) is 0. The van der Waals surface area contributed by atoms with Gasteiger partial charge in [0.25, 0.3) is 0 Å². The molecule has 0 aromatic rings. The highest BCUT2D eigenvalue weighted by molar-refractivity contribution is 7.94. The van der Waals surface area contributed by atoms with Crippen molar-refractivity contribution in [3.8, 4) is 0 Å². The van der Waals surface area contributed by atoms with Crippen molar-refractivity contribution in [1.29, 1.82) is 0 Å². The lowest BCUT2D eigenvalue weighted by molar-refractivity contribution is -0.147. The van der Waals surface area contributed by atoms with E-state index in [9.17, 15) is 9.59 Å². The van der Waals surface area contributed by atoms with E-state index in [4.69, 9.17) is 4.18 Å². The van der Waals surface area contributed by atoms with Crippen LogP contribution in [-0.4, -0.2) is 24.7 Å². The summed E-state index contributed by atoms with van der Waals surface area (Å²) in [6.45, 7) is 2.44. The Morgan fingerprint density at radius 2 is 1.75 bits per heavy atom. The molecule has 0 atom stereocenters. The SMILES string of the molecule is CC(=O)OCOSCOC(C)=O. The number of esters is 2. The fourth-order valence-electron chi connectivity index (χ4n) is 0.282. The van der Waals surface area contributed by atoms with Crippen molar-refractivity contribution in [3.63, 3.8) is 0 Å². The molecule has 12 heavy (non-hydrogen) atoms. The predicted octanol–water partition coefficient (Wildman–Crippen LogP) is 0.692. The second kappa shape index (κ2) is 6.93. The molecule has 0 bridgehead atoms. The minimum Gasteiger partial charge on any atom is -0.452 e. The fraction of sp³-hybridized carbons (Fsp3) is 0.667. The largest absolute Gasteiger partial charge is 0.452 e. The van der Waals surface area contributed by atoms with E-state index in [1.807, 2.05) is 0 Å². The van der Waals surface area contributed by atoms with Crippen molar-refractivity contribution >= 4 is 24.0 Å². The van der Waals surface area contributed by atoms with Crippen LogP contribution in [0.4, 0.5) is 0 Å². The summed E-state index contributed by atoms with van der Waals surface area (Å²) >= 11 is 0.903. The van der Waals surface area contributed by atoms with Gasteiger partial charge in [0.05, 0.1) is 0 Å². The molecule has 0 rings (SSSR count). The maximum atomic E-state index is 10.2. The lowest BCUT2D eigenvalue weighted by atomic mass is 10.8. The maximum Gasteiger partial charge on any atom is 0.304 e. The Labute approximate surface area is 74.6 Å². The van der Waals surface area contributed by atoms with E-state index in [0.717, 1.165) is 12.0 Å². The van der Waals surface area contributed by atoms with Gasteiger partial charge in [-0.3, -0.25) is 13.8 Å². The average molecular weight is 194 g/mol. The average Bonchev–Trinajstić information content (AvgIpc) is 1.95. The molecular weight excluding hydrogens is 184 g/mol. The van der Waals surface area contributed by atoms with Gasteiger partial charge in [-0.1, -0.05) is 0 Å². The summed E-state index contributed by atoms with van der Waals surface area (Å²) in [6, 6.07) is 0. The molecule has 0 aliphatic carbocycles. The number of ether oxygens (including phenoxy) is 2. The van der Waals surface area contributed by atoms with Gasteiger partial charge in [0, 0.05) is 25.9 Å². The van der Waals surface area contributed by atoms with Crippen LogP contribution in [-0.2, 0) is 23.2 Å². The second-order valence-corrected chi connectivity index (χ2v) is 2.45. The summed E-state index contributed by atoms with van der Waals surface area (Å²) in [7, 11) is 0. The molecular formula is C6H10O5S. The van der Waals surface area contributed by atoms with E-state index in [2.05, 4.69) is 9.47 Å². The first-order chi connectivity index (χ1) is 5.63. The molecule has 0 fully saturated rings. The Bertz CT molecular complexity index is 140. The van der Waals surface area contributed by atoms with E-state index in [1.165, 1.54) is 13.8 Å². The fourth-order valence-corrected chi connectivity index (χ4v) is 0.680. The standard InChI is InChI=1S/C6H10O5S/c1-5(7)9-3-11-12-4-10-6(2)8/h3-4H2,1-2H3. The van der Waals surface area contributed by atoms with Crippen LogP contribution in [0.25, 0.3) is 0 Å². The van der Waals surface area contributed by atoms with E-state index < -0.39 is 5.97 Å². The Hall–Kier alpha value is -0.750. The molecule has 0 saturated carbocycles. The van der Waals surface area contributed by atoms with Gasteiger partial charge in [-0.2, -0.15) is 0 Å². The van der Waals surface area contributed by atoms with Crippen LogP contribution >= 0.6 is 12.0 Å². The Morgan fingerprint density at radius 3 is 2.25 bits per heavy atom. The van der Waals surface area contributed by atoms with Crippen LogP contribution in [0.1, 0.15) is 13.8 Å². The van der Waals surface area contributed by atoms with Crippen LogP contribution in [0.5, 0.6) is 0 Å². The van der Waals surface area contributed by atoms with Gasteiger partial charge in [0.1, 0.15) is 0 Å². The molecule has 5 nitrogen and oxygen atoms in total. The molecule has 0 aliphatic heterocycles. The first kappa shape index (κ1) is 11.2. The first-order valence-corrected chi connectivity index (χ1v) is 4.05. The van der Waals surface area contributed by atoms with Gasteiger partial charge in [-0.15, -0.1) is 0 Å². The zero-order valence-corrected chi connectivity index (χ0v) is 7.68. The first-order valence-electron chi connectivity index (χ1n) is 3.14. The highest BCUT2D eigenvalue weighted by Crippen LogP contribution is 2.02. The zero-order valence-electron chi connectivity index (χ0n) is 6.86. The lowest BCUT2D eigenvalue weighted by Gasteiger charge is -2.02. The topological polar surface area (TPSA) is 61.8 Å². The van der Waals surface area contributed by atoms with Gasteiger partial charge in [-0.25, -0.2) is 0 Å². The Morgan fingerprint density at radius 1 is 1.17 bits per heavy atom. The van der Waals surface area contributed by atoms with Gasteiger partial charge in [0.2, 0.25) is 6.79 Å². The number of hydrogen-bond acceptors (Lipinski definition) is 6. The second-order valence-electron chi connectivity index (χ2n) is 1.74.